The molecule has 4 aromatic rings. The van der Waals surface area contributed by atoms with Gasteiger partial charge in [0.15, 0.2) is 0 Å². The van der Waals surface area contributed by atoms with Gasteiger partial charge in [-0.25, -0.2) is 32.2 Å². The summed E-state index contributed by atoms with van der Waals surface area (Å²) in [4.78, 5) is 10.3. The van der Waals surface area contributed by atoms with Crippen LogP contribution in [0.3, 0.4) is 0 Å². The number of aliphatic hydroxyl groups is 1. The van der Waals surface area contributed by atoms with Crippen molar-refractivity contribution in [2.45, 2.75) is 38.2 Å². The molecule has 1 aliphatic heterocycles. The average Bonchev–Trinajstić information content (AvgIpc) is 3.47. The molecule has 182 valence electrons. The van der Waals surface area contributed by atoms with Crippen LogP contribution in [0.1, 0.15) is 18.3 Å². The van der Waals surface area contributed by atoms with E-state index in [4.69, 9.17) is 0 Å². The van der Waals surface area contributed by atoms with E-state index in [2.05, 4.69) is 15.1 Å². The third kappa shape index (κ3) is 4.32. The van der Waals surface area contributed by atoms with E-state index in [1.165, 1.54) is 35.5 Å². The first kappa shape index (κ1) is 23.2. The van der Waals surface area contributed by atoms with E-state index in [9.17, 15) is 22.7 Å². The molecule has 2 unspecified atom stereocenters. The highest BCUT2D eigenvalue weighted by molar-refractivity contribution is 5.59. The van der Waals surface area contributed by atoms with Crippen molar-refractivity contribution >= 4 is 0 Å². The minimum absolute atomic E-state index is 0.0649. The summed E-state index contributed by atoms with van der Waals surface area (Å²) in [6, 6.07) is 5.75. The molecule has 0 radical (unpaired) electrons. The number of aromatic nitrogens is 5. The summed E-state index contributed by atoms with van der Waals surface area (Å²) in [6.07, 6.45) is 4.42. The van der Waals surface area contributed by atoms with Crippen LogP contribution in [0.25, 0.3) is 11.3 Å². The van der Waals surface area contributed by atoms with Gasteiger partial charge in [0.25, 0.3) is 0 Å². The Morgan fingerprint density at radius 1 is 1.03 bits per heavy atom. The number of imidazole rings is 1. The van der Waals surface area contributed by atoms with Crippen molar-refractivity contribution in [1.82, 2.24) is 29.2 Å². The Balaban J connectivity index is 1.46. The van der Waals surface area contributed by atoms with Crippen LogP contribution in [0, 0.1) is 23.3 Å². The van der Waals surface area contributed by atoms with E-state index in [-0.39, 0.29) is 24.2 Å². The van der Waals surface area contributed by atoms with Crippen molar-refractivity contribution in [3.05, 3.63) is 89.9 Å². The monoisotopic (exact) mass is 486 g/mol. The maximum absolute atomic E-state index is 14.9. The fourth-order valence-corrected chi connectivity index (χ4v) is 4.57. The molecule has 3 heterocycles. The molecule has 2 aromatic carbocycles. The van der Waals surface area contributed by atoms with Crippen LogP contribution in [0.2, 0.25) is 0 Å². The lowest BCUT2D eigenvalue weighted by molar-refractivity contribution is -0.0709. The first-order valence-electron chi connectivity index (χ1n) is 11.0. The first-order valence-corrected chi connectivity index (χ1v) is 11.0. The maximum Gasteiger partial charge on any atom is 0.137 e. The number of fused-ring (bicyclic) bond motifs is 1. The van der Waals surface area contributed by atoms with Crippen LogP contribution in [-0.4, -0.2) is 46.9 Å². The molecule has 2 aromatic heterocycles. The zero-order valence-corrected chi connectivity index (χ0v) is 18.7. The van der Waals surface area contributed by atoms with Crippen molar-refractivity contribution in [3.8, 4) is 11.3 Å². The van der Waals surface area contributed by atoms with Crippen LogP contribution in [0.4, 0.5) is 17.6 Å². The van der Waals surface area contributed by atoms with E-state index in [0.717, 1.165) is 18.2 Å². The lowest BCUT2D eigenvalue weighted by Gasteiger charge is -2.42. The van der Waals surface area contributed by atoms with E-state index in [1.807, 2.05) is 9.47 Å². The third-order valence-electron chi connectivity index (χ3n) is 6.54. The van der Waals surface area contributed by atoms with Crippen LogP contribution < -0.4 is 0 Å². The van der Waals surface area contributed by atoms with Gasteiger partial charge in [0, 0.05) is 48.6 Å². The van der Waals surface area contributed by atoms with Crippen molar-refractivity contribution in [1.29, 1.82) is 0 Å². The molecule has 0 saturated heterocycles. The highest BCUT2D eigenvalue weighted by Gasteiger charge is 2.43. The normalized spacial score (nSPS) is 16.6. The molecule has 11 heteroatoms. The summed E-state index contributed by atoms with van der Waals surface area (Å²) in [6.45, 7) is 2.89. The predicted molar refractivity (Wildman–Crippen MR) is 118 cm³/mol. The SMILES string of the molecule is CC(N1CCn2cc(-c3ccc(F)cc3F)nc2C1)C(O)(Cn1cncn1)c1ccc(F)cc1F. The van der Waals surface area contributed by atoms with Crippen molar-refractivity contribution in [2.75, 3.05) is 6.54 Å². The molecule has 1 N–H and O–H groups in total. The van der Waals surface area contributed by atoms with Gasteiger partial charge in [-0.05, 0) is 25.1 Å². The molecule has 0 saturated carbocycles. The largest absolute Gasteiger partial charge is 0.381 e. The van der Waals surface area contributed by atoms with Gasteiger partial charge in [-0.3, -0.25) is 4.90 Å². The number of nitrogens with zero attached hydrogens (tertiary/aromatic N) is 6. The summed E-state index contributed by atoms with van der Waals surface area (Å²) >= 11 is 0. The predicted octanol–water partition coefficient (Wildman–Crippen LogP) is 3.49. The first-order chi connectivity index (χ1) is 16.7. The van der Waals surface area contributed by atoms with Gasteiger partial charge in [-0.2, -0.15) is 5.10 Å². The van der Waals surface area contributed by atoms with Crippen molar-refractivity contribution < 1.29 is 22.7 Å². The summed E-state index contributed by atoms with van der Waals surface area (Å²) < 4.78 is 59.3. The van der Waals surface area contributed by atoms with Gasteiger partial charge in [0.1, 0.15) is 47.3 Å². The number of halogens is 4. The van der Waals surface area contributed by atoms with E-state index >= 15 is 0 Å². The molecular weight excluding hydrogens is 464 g/mol. The second-order valence-corrected chi connectivity index (χ2v) is 8.65. The van der Waals surface area contributed by atoms with Gasteiger partial charge >= 0.3 is 0 Å². The van der Waals surface area contributed by atoms with E-state index < -0.39 is 34.9 Å². The Hall–Kier alpha value is -3.57. The van der Waals surface area contributed by atoms with E-state index in [0.29, 0.717) is 24.6 Å². The van der Waals surface area contributed by atoms with E-state index in [1.54, 1.807) is 13.1 Å². The molecule has 2 atom stereocenters. The fraction of sp³-hybridized carbons (Fsp3) is 0.292. The summed E-state index contributed by atoms with van der Waals surface area (Å²) in [5.74, 6) is -2.38. The van der Waals surface area contributed by atoms with Gasteiger partial charge < -0.3 is 9.67 Å². The van der Waals surface area contributed by atoms with Crippen LogP contribution >= 0.6 is 0 Å². The molecule has 1 aliphatic rings. The Morgan fingerprint density at radius 2 is 1.77 bits per heavy atom. The molecule has 0 aliphatic carbocycles. The topological polar surface area (TPSA) is 72.0 Å². The smallest absolute Gasteiger partial charge is 0.137 e. The molecule has 0 spiro atoms. The van der Waals surface area contributed by atoms with Crippen molar-refractivity contribution in [2.24, 2.45) is 0 Å². The van der Waals surface area contributed by atoms with Crippen LogP contribution in [0.15, 0.2) is 55.2 Å². The van der Waals surface area contributed by atoms with Crippen LogP contribution in [0.5, 0.6) is 0 Å². The Morgan fingerprint density at radius 3 is 2.46 bits per heavy atom. The van der Waals surface area contributed by atoms with Crippen molar-refractivity contribution in [3.63, 3.8) is 0 Å². The minimum atomic E-state index is -1.79. The average molecular weight is 486 g/mol. The van der Waals surface area contributed by atoms with Gasteiger partial charge in [-0.15, -0.1) is 0 Å². The Bertz CT molecular complexity index is 1360. The molecule has 0 bridgehead atoms. The third-order valence-corrected chi connectivity index (χ3v) is 6.54. The maximum atomic E-state index is 14.9. The van der Waals surface area contributed by atoms with Gasteiger partial charge in [-0.1, -0.05) is 6.07 Å². The summed E-state index contributed by atoms with van der Waals surface area (Å²) in [5, 5.41) is 15.9. The molecule has 35 heavy (non-hydrogen) atoms. The summed E-state index contributed by atoms with van der Waals surface area (Å²) in [5.41, 5.74) is -1.30. The van der Waals surface area contributed by atoms with Crippen LogP contribution in [-0.2, 0) is 25.2 Å². The highest BCUT2D eigenvalue weighted by atomic mass is 19.1. The zero-order valence-electron chi connectivity index (χ0n) is 18.7. The summed E-state index contributed by atoms with van der Waals surface area (Å²) in [7, 11) is 0. The standard InChI is InChI=1S/C24H22F4N6O/c1-15(24(35,12-34-14-29-13-30-34)19-5-3-17(26)9-21(19)28)32-6-7-33-10-22(31-23(33)11-32)18-4-2-16(25)8-20(18)27/h2-5,8-10,13-15,35H,6-7,11-12H2,1H3. The second kappa shape index (κ2) is 8.90. The minimum Gasteiger partial charge on any atom is -0.381 e. The zero-order chi connectivity index (χ0) is 24.7. The quantitative estimate of drug-likeness (QED) is 0.423. The highest BCUT2D eigenvalue weighted by Crippen LogP contribution is 2.34. The molecule has 0 fully saturated rings. The Kier molecular flexibility index (Phi) is 5.89. The fourth-order valence-electron chi connectivity index (χ4n) is 4.57. The molecule has 0 amide bonds. The lowest BCUT2D eigenvalue weighted by Crippen LogP contribution is -2.53. The number of hydrogen-bond donors (Lipinski definition) is 1. The Labute approximate surface area is 198 Å². The second-order valence-electron chi connectivity index (χ2n) is 8.65. The number of rotatable bonds is 6. The number of benzene rings is 2. The molecule has 7 nitrogen and oxygen atoms in total. The lowest BCUT2D eigenvalue weighted by atomic mass is 9.85. The molecular formula is C24H22F4N6O. The number of hydrogen-bond acceptors (Lipinski definition) is 5. The van der Waals surface area contributed by atoms with Gasteiger partial charge in [0.05, 0.1) is 18.8 Å². The van der Waals surface area contributed by atoms with Gasteiger partial charge in [0.2, 0.25) is 0 Å². The molecule has 5 rings (SSSR count).